The first-order valence-corrected chi connectivity index (χ1v) is 6.51. The van der Waals surface area contributed by atoms with Crippen molar-refractivity contribution in [3.8, 4) is 17.9 Å². The second-order valence-corrected chi connectivity index (χ2v) is 4.85. The second kappa shape index (κ2) is 6.00. The fourth-order valence-corrected chi connectivity index (χ4v) is 2.66. The van der Waals surface area contributed by atoms with E-state index < -0.39 is 0 Å². The molecule has 18 heavy (non-hydrogen) atoms. The number of hydrogen-bond donors (Lipinski definition) is 0. The predicted octanol–water partition coefficient (Wildman–Crippen LogP) is 3.76. The zero-order chi connectivity index (χ0) is 12.8. The molecule has 2 rings (SSSR count). The number of rotatable bonds is 3. The van der Waals surface area contributed by atoms with Crippen LogP contribution in [-0.4, -0.2) is 6.29 Å². The lowest BCUT2D eigenvalue weighted by atomic mass is 10.1. The molecule has 2 nitrogen and oxygen atoms in total. The number of benzene rings is 1. The molecule has 0 aliphatic carbocycles. The molecule has 0 amide bonds. The van der Waals surface area contributed by atoms with Gasteiger partial charge in [0.25, 0.3) is 0 Å². The van der Waals surface area contributed by atoms with Gasteiger partial charge < -0.3 is 0 Å². The van der Waals surface area contributed by atoms with Gasteiger partial charge in [0.05, 0.1) is 16.5 Å². The normalized spacial score (nSPS) is 9.50. The average molecular weight is 253 g/mol. The highest BCUT2D eigenvalue weighted by atomic mass is 32.1. The molecule has 1 aromatic carbocycles. The number of carbonyl (C=O) groups is 1. The van der Waals surface area contributed by atoms with Crippen LogP contribution < -0.4 is 0 Å². The Balaban J connectivity index is 2.31. The van der Waals surface area contributed by atoms with E-state index >= 15 is 0 Å². The Kier molecular flexibility index (Phi) is 4.12. The summed E-state index contributed by atoms with van der Waals surface area (Å²) >= 11 is 1.47. The van der Waals surface area contributed by atoms with Crippen molar-refractivity contribution in [2.24, 2.45) is 0 Å². The molecule has 0 saturated heterocycles. The maximum Gasteiger partial charge on any atom is 0.161 e. The van der Waals surface area contributed by atoms with Gasteiger partial charge in [-0.05, 0) is 12.5 Å². The van der Waals surface area contributed by atoms with Gasteiger partial charge in [0.15, 0.2) is 6.29 Å². The molecule has 0 radical (unpaired) electrons. The Morgan fingerprint density at radius 1 is 1.28 bits per heavy atom. The zero-order valence-corrected chi connectivity index (χ0v) is 10.6. The fourth-order valence-electron chi connectivity index (χ4n) is 1.68. The van der Waals surface area contributed by atoms with Crippen molar-refractivity contribution in [2.45, 2.75) is 19.3 Å². The lowest BCUT2D eigenvalue weighted by molar-refractivity contribution is 0.112. The van der Waals surface area contributed by atoms with Crippen LogP contribution in [-0.2, 0) is 0 Å². The maximum absolute atomic E-state index is 11.0. The third-order valence-electron chi connectivity index (χ3n) is 2.53. The van der Waals surface area contributed by atoms with E-state index in [0.29, 0.717) is 17.7 Å². The van der Waals surface area contributed by atoms with Crippen LogP contribution in [0.15, 0.2) is 24.3 Å². The molecule has 0 saturated carbocycles. The lowest BCUT2D eigenvalue weighted by Crippen LogP contribution is -1.79. The largest absolute Gasteiger partial charge is 0.297 e. The molecule has 2 aromatic rings. The quantitative estimate of drug-likeness (QED) is 0.475. The molecular formula is C15H11NOS. The molecule has 0 fully saturated rings. The monoisotopic (exact) mass is 253 g/mol. The number of nitriles is 1. The van der Waals surface area contributed by atoms with Crippen molar-refractivity contribution in [3.05, 3.63) is 34.7 Å². The Morgan fingerprint density at radius 3 is 2.89 bits per heavy atom. The summed E-state index contributed by atoms with van der Waals surface area (Å²) in [5.74, 6) is 6.10. The average Bonchev–Trinajstić information content (AvgIpc) is 2.77. The molecule has 1 heterocycles. The van der Waals surface area contributed by atoms with Gasteiger partial charge in [-0.1, -0.05) is 30.0 Å². The first-order chi connectivity index (χ1) is 8.86. The van der Waals surface area contributed by atoms with Crippen molar-refractivity contribution in [3.63, 3.8) is 0 Å². The smallest absolute Gasteiger partial charge is 0.161 e. The van der Waals surface area contributed by atoms with Crippen molar-refractivity contribution >= 4 is 27.7 Å². The van der Waals surface area contributed by atoms with Crippen LogP contribution in [0.5, 0.6) is 0 Å². The van der Waals surface area contributed by atoms with Crippen LogP contribution >= 0.6 is 11.3 Å². The number of fused-ring (bicyclic) bond motifs is 1. The minimum Gasteiger partial charge on any atom is -0.297 e. The minimum atomic E-state index is 0.527. The van der Waals surface area contributed by atoms with Gasteiger partial charge in [-0.15, -0.1) is 11.3 Å². The van der Waals surface area contributed by atoms with Gasteiger partial charge in [-0.25, -0.2) is 0 Å². The van der Waals surface area contributed by atoms with Crippen LogP contribution in [0.4, 0.5) is 0 Å². The highest BCUT2D eigenvalue weighted by Crippen LogP contribution is 2.29. The summed E-state index contributed by atoms with van der Waals surface area (Å²) in [4.78, 5) is 11.7. The van der Waals surface area contributed by atoms with Crippen LogP contribution in [0.25, 0.3) is 10.1 Å². The molecule has 88 valence electrons. The molecule has 0 aliphatic heterocycles. The summed E-state index contributed by atoms with van der Waals surface area (Å²) in [5.41, 5.74) is 0.822. The number of nitrogens with zero attached hydrogens (tertiary/aromatic N) is 1. The zero-order valence-electron chi connectivity index (χ0n) is 9.77. The molecule has 0 atom stereocenters. The third-order valence-corrected chi connectivity index (χ3v) is 3.63. The Morgan fingerprint density at radius 2 is 2.11 bits per heavy atom. The van der Waals surface area contributed by atoms with Gasteiger partial charge >= 0.3 is 0 Å². The van der Waals surface area contributed by atoms with Gasteiger partial charge in [-0.3, -0.25) is 4.79 Å². The number of aldehydes is 1. The Hall–Kier alpha value is -2.10. The minimum absolute atomic E-state index is 0.527. The van der Waals surface area contributed by atoms with Crippen molar-refractivity contribution < 1.29 is 4.79 Å². The van der Waals surface area contributed by atoms with Crippen LogP contribution in [0.1, 0.15) is 34.5 Å². The van der Waals surface area contributed by atoms with Crippen LogP contribution in [0.3, 0.4) is 0 Å². The lowest BCUT2D eigenvalue weighted by Gasteiger charge is -1.89. The summed E-state index contributed by atoms with van der Waals surface area (Å²) in [5, 5.41) is 9.47. The summed E-state index contributed by atoms with van der Waals surface area (Å²) in [6.07, 6.45) is 2.86. The van der Waals surface area contributed by atoms with Gasteiger partial charge in [0, 0.05) is 22.9 Å². The van der Waals surface area contributed by atoms with Gasteiger partial charge in [0.1, 0.15) is 0 Å². The summed E-state index contributed by atoms with van der Waals surface area (Å²) in [6, 6.07) is 9.97. The van der Waals surface area contributed by atoms with Gasteiger partial charge in [-0.2, -0.15) is 5.26 Å². The predicted molar refractivity (Wildman–Crippen MR) is 73.6 cm³/mol. The third kappa shape index (κ3) is 2.59. The van der Waals surface area contributed by atoms with E-state index in [2.05, 4.69) is 17.9 Å². The number of carbonyl (C=O) groups excluding carboxylic acids is 1. The van der Waals surface area contributed by atoms with E-state index in [4.69, 9.17) is 5.26 Å². The molecule has 0 N–H and O–H groups in total. The highest BCUT2D eigenvalue weighted by molar-refractivity contribution is 7.20. The first-order valence-electron chi connectivity index (χ1n) is 5.69. The van der Waals surface area contributed by atoms with Gasteiger partial charge in [0.2, 0.25) is 0 Å². The summed E-state index contributed by atoms with van der Waals surface area (Å²) in [6.45, 7) is 0. The molecule has 0 aliphatic rings. The van der Waals surface area contributed by atoms with E-state index in [9.17, 15) is 4.79 Å². The van der Waals surface area contributed by atoms with Crippen molar-refractivity contribution in [2.75, 3.05) is 0 Å². The summed E-state index contributed by atoms with van der Waals surface area (Å²) < 4.78 is 1.08. The van der Waals surface area contributed by atoms with E-state index in [1.54, 1.807) is 0 Å². The molecule has 3 heteroatoms. The van der Waals surface area contributed by atoms with Crippen molar-refractivity contribution in [1.82, 2.24) is 0 Å². The summed E-state index contributed by atoms with van der Waals surface area (Å²) in [7, 11) is 0. The maximum atomic E-state index is 11.0. The molecular weight excluding hydrogens is 242 g/mol. The molecule has 1 aromatic heterocycles. The molecule has 0 unspecified atom stereocenters. The van der Waals surface area contributed by atoms with Crippen molar-refractivity contribution in [1.29, 1.82) is 5.26 Å². The highest BCUT2D eigenvalue weighted by Gasteiger charge is 2.08. The SMILES string of the molecule is N#CCCCC#Cc1c(C=O)sc2ccccc12. The van der Waals surface area contributed by atoms with E-state index in [1.165, 1.54) is 11.3 Å². The second-order valence-electron chi connectivity index (χ2n) is 3.77. The van der Waals surface area contributed by atoms with Crippen LogP contribution in [0, 0.1) is 23.2 Å². The molecule has 0 spiro atoms. The topological polar surface area (TPSA) is 40.9 Å². The van der Waals surface area contributed by atoms with E-state index in [-0.39, 0.29) is 0 Å². The van der Waals surface area contributed by atoms with E-state index in [1.807, 2.05) is 24.3 Å². The Labute approximate surface area is 110 Å². The Bertz CT molecular complexity index is 667. The van der Waals surface area contributed by atoms with E-state index in [0.717, 1.165) is 28.4 Å². The first kappa shape index (κ1) is 12.4. The molecule has 0 bridgehead atoms. The number of unbranched alkanes of at least 4 members (excludes halogenated alkanes) is 2. The number of thiophene rings is 1. The number of hydrogen-bond acceptors (Lipinski definition) is 3. The van der Waals surface area contributed by atoms with Crippen LogP contribution in [0.2, 0.25) is 0 Å². The standard InChI is InChI=1S/C15H11NOS/c16-10-6-2-1-3-7-13-12-8-4-5-9-14(12)18-15(13)11-17/h4-5,8-9,11H,1-2,6H2. The fraction of sp³-hybridized carbons (Fsp3) is 0.200.